The maximum Gasteiger partial charge on any atom is 0.409 e. The van der Waals surface area contributed by atoms with Crippen LogP contribution in [0.4, 0.5) is 16.2 Å². The van der Waals surface area contributed by atoms with Crippen molar-refractivity contribution in [3.05, 3.63) is 24.3 Å². The lowest BCUT2D eigenvalue weighted by Crippen LogP contribution is -2.43. The van der Waals surface area contributed by atoms with Crippen molar-refractivity contribution in [2.75, 3.05) is 16.1 Å². The van der Waals surface area contributed by atoms with Gasteiger partial charge in [-0.15, -0.1) is 0 Å². The quantitative estimate of drug-likeness (QED) is 0.874. The van der Waals surface area contributed by atoms with Crippen molar-refractivity contribution in [3.8, 4) is 0 Å². The summed E-state index contributed by atoms with van der Waals surface area (Å²) >= 11 is 1.23. The Morgan fingerprint density at radius 2 is 2.04 bits per heavy atom. The molecule has 1 aliphatic rings. The second-order valence-electron chi connectivity index (χ2n) is 6.41. The van der Waals surface area contributed by atoms with E-state index in [-0.39, 0.29) is 11.8 Å². The Balaban J connectivity index is 2.03. The fourth-order valence-electron chi connectivity index (χ4n) is 2.08. The van der Waals surface area contributed by atoms with Crippen LogP contribution in [0.3, 0.4) is 0 Å². The van der Waals surface area contributed by atoms with Crippen LogP contribution in [0.1, 0.15) is 27.7 Å². The van der Waals surface area contributed by atoms with Crippen LogP contribution in [0.25, 0.3) is 0 Å². The SMILES string of the molecule is CC(=O)Nc1cccc(N2CSC(OC(=O)NC(C)(C)C)C2=O)c1. The van der Waals surface area contributed by atoms with Crippen molar-refractivity contribution >= 4 is 41.0 Å². The minimum absolute atomic E-state index is 0.186. The highest BCUT2D eigenvalue weighted by atomic mass is 32.2. The van der Waals surface area contributed by atoms with Crippen molar-refractivity contribution < 1.29 is 19.1 Å². The van der Waals surface area contributed by atoms with Gasteiger partial charge in [0, 0.05) is 23.8 Å². The van der Waals surface area contributed by atoms with Crippen molar-refractivity contribution in [1.82, 2.24) is 5.32 Å². The molecule has 8 heteroatoms. The zero-order chi connectivity index (χ0) is 17.9. The Morgan fingerprint density at radius 3 is 2.67 bits per heavy atom. The van der Waals surface area contributed by atoms with Gasteiger partial charge in [-0.3, -0.25) is 14.5 Å². The van der Waals surface area contributed by atoms with Gasteiger partial charge < -0.3 is 15.4 Å². The number of nitrogens with one attached hydrogen (secondary N) is 2. The number of amides is 3. The Labute approximate surface area is 145 Å². The largest absolute Gasteiger partial charge is 0.425 e. The summed E-state index contributed by atoms with van der Waals surface area (Å²) in [5.74, 6) is -0.117. The highest BCUT2D eigenvalue weighted by Crippen LogP contribution is 2.31. The first-order chi connectivity index (χ1) is 11.2. The topological polar surface area (TPSA) is 87.7 Å². The zero-order valence-corrected chi connectivity index (χ0v) is 14.9. The molecule has 7 nitrogen and oxygen atoms in total. The third-order valence-corrected chi connectivity index (χ3v) is 4.00. The van der Waals surface area contributed by atoms with Gasteiger partial charge in [-0.2, -0.15) is 0 Å². The number of nitrogens with zero attached hydrogens (tertiary/aromatic N) is 1. The molecular formula is C16H21N3O4S. The highest BCUT2D eigenvalue weighted by molar-refractivity contribution is 8.01. The Hall–Kier alpha value is -2.22. The normalized spacial score (nSPS) is 17.6. The monoisotopic (exact) mass is 351 g/mol. The molecule has 1 aliphatic heterocycles. The zero-order valence-electron chi connectivity index (χ0n) is 14.1. The Kier molecular flexibility index (Phi) is 5.38. The number of thioether (sulfide) groups is 1. The number of benzene rings is 1. The fraction of sp³-hybridized carbons (Fsp3) is 0.438. The van der Waals surface area contributed by atoms with Crippen molar-refractivity contribution in [2.45, 2.75) is 38.7 Å². The molecule has 1 aromatic carbocycles. The lowest BCUT2D eigenvalue weighted by molar-refractivity contribution is -0.122. The molecule has 2 rings (SSSR count). The first-order valence-corrected chi connectivity index (χ1v) is 8.50. The summed E-state index contributed by atoms with van der Waals surface area (Å²) in [6.45, 7) is 6.91. The second-order valence-corrected chi connectivity index (χ2v) is 7.43. The summed E-state index contributed by atoms with van der Waals surface area (Å²) in [7, 11) is 0. The summed E-state index contributed by atoms with van der Waals surface area (Å²) in [6, 6.07) is 6.96. The van der Waals surface area contributed by atoms with Crippen LogP contribution in [-0.2, 0) is 14.3 Å². The van der Waals surface area contributed by atoms with Crippen LogP contribution in [0, 0.1) is 0 Å². The molecule has 2 N–H and O–H groups in total. The molecular weight excluding hydrogens is 330 g/mol. The smallest absolute Gasteiger partial charge is 0.409 e. The second kappa shape index (κ2) is 7.12. The number of anilines is 2. The molecule has 0 radical (unpaired) electrons. The number of ether oxygens (including phenoxy) is 1. The average Bonchev–Trinajstić information content (AvgIpc) is 2.77. The molecule has 1 aromatic rings. The van der Waals surface area contributed by atoms with E-state index < -0.39 is 17.1 Å². The van der Waals surface area contributed by atoms with Crippen molar-refractivity contribution in [3.63, 3.8) is 0 Å². The summed E-state index contributed by atoms with van der Waals surface area (Å²) in [6.07, 6.45) is -0.623. The van der Waals surface area contributed by atoms with Crippen LogP contribution < -0.4 is 15.5 Å². The van der Waals surface area contributed by atoms with Crippen molar-refractivity contribution in [2.24, 2.45) is 0 Å². The highest BCUT2D eigenvalue weighted by Gasteiger charge is 2.36. The van der Waals surface area contributed by atoms with Gasteiger partial charge in [0.1, 0.15) is 0 Å². The first kappa shape index (κ1) is 18.1. The van der Waals surface area contributed by atoms with E-state index in [0.29, 0.717) is 17.3 Å². The van der Waals surface area contributed by atoms with Gasteiger partial charge in [-0.25, -0.2) is 4.79 Å². The predicted octanol–water partition coefficient (Wildman–Crippen LogP) is 2.53. The van der Waals surface area contributed by atoms with Gasteiger partial charge in [0.15, 0.2) is 0 Å². The van der Waals surface area contributed by atoms with E-state index in [1.54, 1.807) is 24.3 Å². The van der Waals surface area contributed by atoms with Gasteiger partial charge in [0.2, 0.25) is 11.3 Å². The summed E-state index contributed by atoms with van der Waals surface area (Å²) in [5, 5.41) is 5.33. The molecule has 3 amide bonds. The van der Waals surface area contributed by atoms with E-state index in [9.17, 15) is 14.4 Å². The number of carbonyl (C=O) groups is 3. The molecule has 1 atom stereocenters. The Bertz CT molecular complexity index is 657. The van der Waals surface area contributed by atoms with Gasteiger partial charge in [-0.05, 0) is 39.0 Å². The van der Waals surface area contributed by atoms with E-state index in [1.807, 2.05) is 20.8 Å². The molecule has 1 heterocycles. The molecule has 0 aromatic heterocycles. The molecule has 1 unspecified atom stereocenters. The predicted molar refractivity (Wildman–Crippen MR) is 93.8 cm³/mol. The van der Waals surface area contributed by atoms with Gasteiger partial charge in [0.05, 0.1) is 5.88 Å². The maximum absolute atomic E-state index is 12.5. The van der Waals surface area contributed by atoms with Gasteiger partial charge >= 0.3 is 6.09 Å². The van der Waals surface area contributed by atoms with Crippen molar-refractivity contribution in [1.29, 1.82) is 0 Å². The van der Waals surface area contributed by atoms with Crippen LogP contribution >= 0.6 is 11.8 Å². The molecule has 0 saturated carbocycles. The van der Waals surface area contributed by atoms with Crippen LogP contribution in [-0.4, -0.2) is 34.8 Å². The molecule has 0 spiro atoms. The van der Waals surface area contributed by atoms with Crippen LogP contribution in [0.5, 0.6) is 0 Å². The van der Waals surface area contributed by atoms with E-state index in [2.05, 4.69) is 10.6 Å². The van der Waals surface area contributed by atoms with E-state index >= 15 is 0 Å². The molecule has 0 bridgehead atoms. The molecule has 24 heavy (non-hydrogen) atoms. The lowest BCUT2D eigenvalue weighted by Gasteiger charge is -2.21. The minimum Gasteiger partial charge on any atom is -0.425 e. The lowest BCUT2D eigenvalue weighted by atomic mass is 10.1. The summed E-state index contributed by atoms with van der Waals surface area (Å²) in [5.41, 5.74) is -0.0685. The van der Waals surface area contributed by atoms with E-state index in [4.69, 9.17) is 4.74 Å². The molecule has 1 saturated heterocycles. The molecule has 1 fully saturated rings. The van der Waals surface area contributed by atoms with Gasteiger partial charge in [0.25, 0.3) is 5.91 Å². The van der Waals surface area contributed by atoms with Crippen LogP contribution in [0.2, 0.25) is 0 Å². The van der Waals surface area contributed by atoms with E-state index in [0.717, 1.165) is 0 Å². The molecule has 0 aliphatic carbocycles. The number of carbonyl (C=O) groups excluding carboxylic acids is 3. The summed E-state index contributed by atoms with van der Waals surface area (Å²) in [4.78, 5) is 36.9. The molecule has 130 valence electrons. The fourth-order valence-corrected chi connectivity index (χ4v) is 3.06. The number of alkyl carbamates (subject to hydrolysis) is 1. The average molecular weight is 351 g/mol. The van der Waals surface area contributed by atoms with E-state index in [1.165, 1.54) is 23.6 Å². The van der Waals surface area contributed by atoms with Crippen LogP contribution in [0.15, 0.2) is 24.3 Å². The maximum atomic E-state index is 12.5. The van der Waals surface area contributed by atoms with Gasteiger partial charge in [-0.1, -0.05) is 17.8 Å². The minimum atomic E-state index is -0.878. The number of hydrogen-bond donors (Lipinski definition) is 2. The number of rotatable bonds is 3. The standard InChI is InChI=1S/C16H21N3O4S/c1-10(20)17-11-6-5-7-12(8-11)19-9-24-14(13(19)21)23-15(22)18-16(2,3)4/h5-8,14H,9H2,1-4H3,(H,17,20)(H,18,22). The first-order valence-electron chi connectivity index (χ1n) is 7.45. The third kappa shape index (κ3) is 4.89. The third-order valence-electron chi connectivity index (χ3n) is 2.99. The Morgan fingerprint density at radius 1 is 1.33 bits per heavy atom. The summed E-state index contributed by atoms with van der Waals surface area (Å²) < 4.78 is 5.20. The number of hydrogen-bond acceptors (Lipinski definition) is 5.